The van der Waals surface area contributed by atoms with Crippen molar-refractivity contribution < 1.29 is 22.7 Å². The van der Waals surface area contributed by atoms with E-state index in [-0.39, 0.29) is 35.2 Å². The van der Waals surface area contributed by atoms with Crippen molar-refractivity contribution in [2.24, 2.45) is 11.8 Å². The van der Waals surface area contributed by atoms with Crippen LogP contribution >= 0.6 is 0 Å². The van der Waals surface area contributed by atoms with Gasteiger partial charge in [-0.05, 0) is 54.7 Å². The molecule has 1 aromatic carbocycles. The van der Waals surface area contributed by atoms with E-state index in [1.54, 1.807) is 35.5 Å². The number of amides is 1. The first-order valence-corrected chi connectivity index (χ1v) is 10.1. The Balaban J connectivity index is 1.28. The average Bonchev–Trinajstić information content (AvgIpc) is 3.38. The van der Waals surface area contributed by atoms with E-state index in [9.17, 15) is 18.0 Å². The van der Waals surface area contributed by atoms with Gasteiger partial charge < -0.3 is 9.64 Å². The summed E-state index contributed by atoms with van der Waals surface area (Å²) >= 11 is 0. The third kappa shape index (κ3) is 3.82. The lowest BCUT2D eigenvalue weighted by molar-refractivity contribution is -0.275. The molecule has 1 aliphatic heterocycles. The highest BCUT2D eigenvalue weighted by Crippen LogP contribution is 2.48. The third-order valence-electron chi connectivity index (χ3n) is 6.14. The summed E-state index contributed by atoms with van der Waals surface area (Å²) < 4.78 is 44.0. The third-order valence-corrected chi connectivity index (χ3v) is 6.14. The van der Waals surface area contributed by atoms with Crippen LogP contribution in [-0.4, -0.2) is 49.8 Å². The smallest absolute Gasteiger partial charge is 0.405 e. The first-order valence-electron chi connectivity index (χ1n) is 10.1. The summed E-state index contributed by atoms with van der Waals surface area (Å²) in [6, 6.07) is 6.33. The van der Waals surface area contributed by atoms with Crippen molar-refractivity contribution in [3.8, 4) is 5.75 Å². The minimum Gasteiger partial charge on any atom is -0.405 e. The molecule has 1 saturated heterocycles. The first-order chi connectivity index (χ1) is 14.8. The normalized spacial score (nSPS) is 23.4. The Morgan fingerprint density at radius 2 is 1.87 bits per heavy atom. The van der Waals surface area contributed by atoms with Gasteiger partial charge in [-0.1, -0.05) is 18.2 Å². The van der Waals surface area contributed by atoms with Gasteiger partial charge in [-0.2, -0.15) is 4.98 Å². The van der Waals surface area contributed by atoms with Crippen LogP contribution in [0.3, 0.4) is 0 Å². The van der Waals surface area contributed by atoms with E-state index < -0.39 is 6.36 Å². The summed E-state index contributed by atoms with van der Waals surface area (Å²) in [5, 5.41) is 4.25. The predicted octanol–water partition coefficient (Wildman–Crippen LogP) is 3.60. The molecule has 1 saturated carbocycles. The van der Waals surface area contributed by atoms with Gasteiger partial charge in [0, 0.05) is 25.5 Å². The maximum absolute atomic E-state index is 12.9. The highest BCUT2D eigenvalue weighted by molar-refractivity contribution is 5.91. The van der Waals surface area contributed by atoms with Gasteiger partial charge in [-0.25, -0.2) is 9.50 Å². The molecule has 3 heterocycles. The fourth-order valence-corrected chi connectivity index (χ4v) is 4.86. The number of likely N-dealkylation sites (tertiary alicyclic amines) is 1. The minimum atomic E-state index is -4.72. The largest absolute Gasteiger partial charge is 0.573 e. The number of benzene rings is 1. The summed E-state index contributed by atoms with van der Waals surface area (Å²) in [6.07, 6.45) is 0.134. The molecule has 31 heavy (non-hydrogen) atoms. The molecule has 2 fully saturated rings. The van der Waals surface area contributed by atoms with Crippen LogP contribution in [0, 0.1) is 18.8 Å². The Labute approximate surface area is 175 Å². The quantitative estimate of drug-likeness (QED) is 0.634. The summed E-state index contributed by atoms with van der Waals surface area (Å²) in [5.41, 5.74) is 1.49. The average molecular weight is 431 g/mol. The van der Waals surface area contributed by atoms with Crippen LogP contribution in [0.15, 0.2) is 36.7 Å². The van der Waals surface area contributed by atoms with E-state index in [1.807, 2.05) is 6.92 Å². The lowest BCUT2D eigenvalue weighted by Crippen LogP contribution is -2.30. The summed E-state index contributed by atoms with van der Waals surface area (Å²) in [4.78, 5) is 23.0. The van der Waals surface area contributed by atoms with Crippen LogP contribution in [0.4, 0.5) is 13.2 Å². The molecular formula is C21H20F3N5O2. The fraction of sp³-hybridized carbons (Fsp3) is 0.429. The number of hydrogen-bond acceptors (Lipinski definition) is 5. The summed E-state index contributed by atoms with van der Waals surface area (Å²) in [7, 11) is 0. The van der Waals surface area contributed by atoms with Gasteiger partial charge in [0.15, 0.2) is 0 Å². The van der Waals surface area contributed by atoms with Crippen molar-refractivity contribution in [2.75, 3.05) is 13.1 Å². The zero-order chi connectivity index (χ0) is 21.8. The molecule has 2 aliphatic rings. The van der Waals surface area contributed by atoms with Gasteiger partial charge in [0.25, 0.3) is 11.7 Å². The van der Waals surface area contributed by atoms with Gasteiger partial charge in [0.2, 0.25) is 5.82 Å². The SMILES string of the molecule is Cc1cnc2nc(C(=O)N3C[C@H]4CC(c5ccccc5OC(F)(F)F)C[C@H]4C3)nn2c1. The second-order valence-corrected chi connectivity index (χ2v) is 8.30. The van der Waals surface area contributed by atoms with E-state index in [1.165, 1.54) is 10.6 Å². The lowest BCUT2D eigenvalue weighted by Gasteiger charge is -2.20. The van der Waals surface area contributed by atoms with E-state index >= 15 is 0 Å². The number of halogens is 3. The molecule has 3 atom stereocenters. The number of rotatable bonds is 3. The van der Waals surface area contributed by atoms with Gasteiger partial charge in [-0.15, -0.1) is 18.3 Å². The van der Waals surface area contributed by atoms with E-state index in [0.29, 0.717) is 37.3 Å². The second-order valence-electron chi connectivity index (χ2n) is 8.30. The number of aromatic nitrogens is 4. The number of aryl methyl sites for hydroxylation is 1. The van der Waals surface area contributed by atoms with Crippen molar-refractivity contribution in [3.05, 3.63) is 53.6 Å². The van der Waals surface area contributed by atoms with Gasteiger partial charge in [-0.3, -0.25) is 4.79 Å². The molecule has 0 radical (unpaired) electrons. The Morgan fingerprint density at radius 3 is 2.58 bits per heavy atom. The number of ether oxygens (including phenoxy) is 1. The molecule has 10 heteroatoms. The molecule has 2 aromatic heterocycles. The van der Waals surface area contributed by atoms with Crippen LogP contribution in [-0.2, 0) is 0 Å². The number of nitrogens with zero attached hydrogens (tertiary/aromatic N) is 5. The predicted molar refractivity (Wildman–Crippen MR) is 104 cm³/mol. The zero-order valence-corrected chi connectivity index (χ0v) is 16.7. The highest BCUT2D eigenvalue weighted by atomic mass is 19.4. The van der Waals surface area contributed by atoms with Crippen LogP contribution in [0.25, 0.3) is 5.78 Å². The molecule has 3 aromatic rings. The number of para-hydroxylation sites is 1. The highest BCUT2D eigenvalue weighted by Gasteiger charge is 2.44. The van der Waals surface area contributed by atoms with Crippen molar-refractivity contribution in [3.63, 3.8) is 0 Å². The fourth-order valence-electron chi connectivity index (χ4n) is 4.86. The Kier molecular flexibility index (Phi) is 4.60. The summed E-state index contributed by atoms with van der Waals surface area (Å²) in [5.74, 6) is 0.537. The molecule has 0 N–H and O–H groups in total. The van der Waals surface area contributed by atoms with Gasteiger partial charge in [0.1, 0.15) is 5.75 Å². The number of fused-ring (bicyclic) bond motifs is 2. The number of alkyl halides is 3. The molecule has 0 spiro atoms. The van der Waals surface area contributed by atoms with Crippen molar-refractivity contribution >= 4 is 11.7 Å². The number of carbonyl (C=O) groups is 1. The minimum absolute atomic E-state index is 0.0219. The van der Waals surface area contributed by atoms with Crippen LogP contribution < -0.4 is 4.74 Å². The maximum atomic E-state index is 12.9. The van der Waals surface area contributed by atoms with Crippen LogP contribution in [0.5, 0.6) is 5.75 Å². The van der Waals surface area contributed by atoms with Crippen LogP contribution in [0.2, 0.25) is 0 Å². The topological polar surface area (TPSA) is 72.6 Å². The molecule has 1 unspecified atom stereocenters. The standard InChI is InChI=1S/C21H20F3N5O2/c1-12-8-25-20-26-18(27-29(20)9-12)19(30)28-10-14-6-13(7-15(14)11-28)16-4-2-3-5-17(16)31-21(22,23)24/h2-5,8-9,13-15H,6-7,10-11H2,1H3/t13?,14-,15+. The van der Waals surface area contributed by atoms with Crippen molar-refractivity contribution in [2.45, 2.75) is 32.0 Å². The molecule has 1 aliphatic carbocycles. The van der Waals surface area contributed by atoms with Crippen molar-refractivity contribution in [1.29, 1.82) is 0 Å². The monoisotopic (exact) mass is 431 g/mol. The molecule has 162 valence electrons. The number of hydrogen-bond donors (Lipinski definition) is 0. The Bertz CT molecular complexity index is 1130. The van der Waals surface area contributed by atoms with E-state index in [4.69, 9.17) is 0 Å². The molecule has 5 rings (SSSR count). The molecular weight excluding hydrogens is 411 g/mol. The molecule has 1 amide bonds. The molecule has 0 bridgehead atoms. The Morgan fingerprint density at radius 1 is 1.16 bits per heavy atom. The first kappa shape index (κ1) is 19.8. The number of carbonyl (C=O) groups excluding carboxylic acids is 1. The van der Waals surface area contributed by atoms with Gasteiger partial charge >= 0.3 is 6.36 Å². The lowest BCUT2D eigenvalue weighted by atomic mass is 9.95. The summed E-state index contributed by atoms with van der Waals surface area (Å²) in [6.45, 7) is 2.97. The second kappa shape index (κ2) is 7.21. The van der Waals surface area contributed by atoms with E-state index in [0.717, 1.165) is 5.56 Å². The van der Waals surface area contributed by atoms with Crippen LogP contribution in [0.1, 0.15) is 40.5 Å². The Hall–Kier alpha value is -3.17. The zero-order valence-electron chi connectivity index (χ0n) is 16.7. The van der Waals surface area contributed by atoms with Gasteiger partial charge in [0.05, 0.1) is 0 Å². The van der Waals surface area contributed by atoms with E-state index in [2.05, 4.69) is 19.8 Å². The maximum Gasteiger partial charge on any atom is 0.573 e. The van der Waals surface area contributed by atoms with Crippen molar-refractivity contribution in [1.82, 2.24) is 24.5 Å². The molecule has 7 nitrogen and oxygen atoms in total.